The van der Waals surface area contributed by atoms with Gasteiger partial charge >= 0.3 is 0 Å². The lowest BCUT2D eigenvalue weighted by Crippen LogP contribution is -2.19. The Morgan fingerprint density at radius 1 is 1.11 bits per heavy atom. The molecule has 1 rings (SSSR count). The summed E-state index contributed by atoms with van der Waals surface area (Å²) in [6.45, 7) is 10.4. The van der Waals surface area contributed by atoms with Gasteiger partial charge in [0.05, 0.1) is 6.07 Å². The molecule has 1 aromatic rings. The summed E-state index contributed by atoms with van der Waals surface area (Å²) in [5, 5.41) is 19.2. The lowest BCUT2D eigenvalue weighted by atomic mass is 9.76. The molecule has 0 aliphatic rings. The van der Waals surface area contributed by atoms with Crippen molar-refractivity contribution in [2.24, 2.45) is 0 Å². The van der Waals surface area contributed by atoms with Gasteiger partial charge in [-0.05, 0) is 28.4 Å². The highest BCUT2D eigenvalue weighted by molar-refractivity contribution is 5.47. The Hall–Kier alpha value is -1.49. The third-order valence-corrected chi connectivity index (χ3v) is 3.43. The maximum Gasteiger partial charge on any atom is 0.123 e. The molecule has 0 spiro atoms. The number of phenols is 1. The molecule has 0 atom stereocenters. The maximum atomic E-state index is 10.5. The van der Waals surface area contributed by atoms with Gasteiger partial charge in [-0.2, -0.15) is 5.26 Å². The van der Waals surface area contributed by atoms with Crippen LogP contribution in [0.15, 0.2) is 18.2 Å². The number of para-hydroxylation sites is 1. The van der Waals surface area contributed by atoms with Gasteiger partial charge < -0.3 is 5.11 Å². The molecule has 0 bridgehead atoms. The molecular weight excluding hydrogens is 222 g/mol. The van der Waals surface area contributed by atoms with Gasteiger partial charge in [0, 0.05) is 6.42 Å². The largest absolute Gasteiger partial charge is 0.507 e. The molecule has 0 saturated carbocycles. The van der Waals surface area contributed by atoms with Crippen molar-refractivity contribution in [3.8, 4) is 11.8 Å². The fourth-order valence-corrected chi connectivity index (χ4v) is 2.20. The number of hydrogen-bond donors (Lipinski definition) is 1. The quantitative estimate of drug-likeness (QED) is 0.864. The Morgan fingerprint density at radius 3 is 2.17 bits per heavy atom. The number of nitrogens with zero attached hydrogens (tertiary/aromatic N) is 1. The van der Waals surface area contributed by atoms with E-state index in [-0.39, 0.29) is 10.8 Å². The van der Waals surface area contributed by atoms with Gasteiger partial charge in [0.25, 0.3) is 0 Å². The molecule has 2 heteroatoms. The van der Waals surface area contributed by atoms with Gasteiger partial charge in [0.2, 0.25) is 0 Å². The second kappa shape index (κ2) is 5.02. The number of aromatic hydroxyl groups is 1. The third kappa shape index (κ3) is 3.04. The van der Waals surface area contributed by atoms with E-state index in [4.69, 9.17) is 5.26 Å². The molecule has 18 heavy (non-hydrogen) atoms. The van der Waals surface area contributed by atoms with Crippen LogP contribution in [-0.4, -0.2) is 5.11 Å². The normalized spacial score (nSPS) is 12.2. The van der Waals surface area contributed by atoms with Crippen molar-refractivity contribution < 1.29 is 5.11 Å². The number of nitriles is 1. The van der Waals surface area contributed by atoms with Gasteiger partial charge in [-0.3, -0.25) is 0 Å². The number of phenolic OH excluding ortho intramolecular Hbond substituents is 1. The Morgan fingerprint density at radius 2 is 1.67 bits per heavy atom. The molecule has 2 nitrogen and oxygen atoms in total. The lowest BCUT2D eigenvalue weighted by molar-refractivity contribution is 0.406. The zero-order valence-electron chi connectivity index (χ0n) is 12.0. The molecule has 0 aliphatic carbocycles. The highest BCUT2D eigenvalue weighted by atomic mass is 16.3. The van der Waals surface area contributed by atoms with Crippen LogP contribution in [0.2, 0.25) is 0 Å². The summed E-state index contributed by atoms with van der Waals surface area (Å²) in [5.74, 6) is 0.382. The predicted octanol–water partition coefficient (Wildman–Crippen LogP) is 4.27. The molecule has 0 amide bonds. The standard InChI is InChI=1S/C16H23NO/c1-15(2,3)12-8-6-9-13(14(12)18)16(4,5)10-7-11-17/h6,8-9,18H,7,10H2,1-5H3. The van der Waals surface area contributed by atoms with E-state index in [0.29, 0.717) is 12.2 Å². The highest BCUT2D eigenvalue weighted by Gasteiger charge is 2.27. The smallest absolute Gasteiger partial charge is 0.123 e. The van der Waals surface area contributed by atoms with E-state index < -0.39 is 0 Å². The second-order valence-corrected chi connectivity index (χ2v) is 6.49. The zero-order valence-corrected chi connectivity index (χ0v) is 12.0. The first-order valence-electron chi connectivity index (χ1n) is 6.40. The van der Waals surface area contributed by atoms with E-state index in [0.717, 1.165) is 17.5 Å². The van der Waals surface area contributed by atoms with E-state index in [2.05, 4.69) is 40.7 Å². The first-order valence-corrected chi connectivity index (χ1v) is 6.40. The number of benzene rings is 1. The minimum absolute atomic E-state index is 0.0780. The van der Waals surface area contributed by atoms with Crippen LogP contribution in [0, 0.1) is 11.3 Å². The number of hydrogen-bond acceptors (Lipinski definition) is 2. The number of rotatable bonds is 3. The Labute approximate surface area is 110 Å². The van der Waals surface area contributed by atoms with Gasteiger partial charge in [-0.25, -0.2) is 0 Å². The van der Waals surface area contributed by atoms with E-state index >= 15 is 0 Å². The van der Waals surface area contributed by atoms with Gasteiger partial charge in [-0.15, -0.1) is 0 Å². The highest BCUT2D eigenvalue weighted by Crippen LogP contribution is 2.40. The lowest BCUT2D eigenvalue weighted by Gasteiger charge is -2.29. The van der Waals surface area contributed by atoms with Gasteiger partial charge in [0.15, 0.2) is 0 Å². The maximum absolute atomic E-state index is 10.5. The molecule has 0 radical (unpaired) electrons. The van der Waals surface area contributed by atoms with Crippen molar-refractivity contribution >= 4 is 0 Å². The van der Waals surface area contributed by atoms with Crippen LogP contribution in [-0.2, 0) is 10.8 Å². The Balaban J connectivity index is 3.23. The van der Waals surface area contributed by atoms with E-state index in [1.165, 1.54) is 0 Å². The Bertz CT molecular complexity index is 461. The van der Waals surface area contributed by atoms with Crippen LogP contribution in [0.4, 0.5) is 0 Å². The first-order chi connectivity index (χ1) is 8.20. The van der Waals surface area contributed by atoms with E-state index in [1.54, 1.807) is 0 Å². The molecule has 0 heterocycles. The monoisotopic (exact) mass is 245 g/mol. The van der Waals surface area contributed by atoms with Crippen LogP contribution in [0.1, 0.15) is 58.6 Å². The third-order valence-electron chi connectivity index (χ3n) is 3.43. The molecule has 0 fully saturated rings. The topological polar surface area (TPSA) is 44.0 Å². The van der Waals surface area contributed by atoms with Gasteiger partial charge in [-0.1, -0.05) is 52.8 Å². The minimum Gasteiger partial charge on any atom is -0.507 e. The molecule has 0 aliphatic heterocycles. The van der Waals surface area contributed by atoms with E-state index in [1.807, 2.05) is 18.2 Å². The molecule has 1 aromatic carbocycles. The van der Waals surface area contributed by atoms with Crippen molar-refractivity contribution in [2.75, 3.05) is 0 Å². The summed E-state index contributed by atoms with van der Waals surface area (Å²) in [4.78, 5) is 0. The first kappa shape index (κ1) is 14.6. The summed E-state index contributed by atoms with van der Waals surface area (Å²) >= 11 is 0. The van der Waals surface area contributed by atoms with E-state index in [9.17, 15) is 5.11 Å². The van der Waals surface area contributed by atoms with Crippen LogP contribution in [0.5, 0.6) is 5.75 Å². The minimum atomic E-state index is -0.179. The molecule has 1 N–H and O–H groups in total. The van der Waals surface area contributed by atoms with Crippen molar-refractivity contribution in [1.29, 1.82) is 5.26 Å². The zero-order chi connectivity index (χ0) is 14.0. The van der Waals surface area contributed by atoms with Crippen molar-refractivity contribution in [3.05, 3.63) is 29.3 Å². The fraction of sp³-hybridized carbons (Fsp3) is 0.562. The second-order valence-electron chi connectivity index (χ2n) is 6.49. The average molecular weight is 245 g/mol. The fourth-order valence-electron chi connectivity index (χ4n) is 2.20. The van der Waals surface area contributed by atoms with Crippen LogP contribution < -0.4 is 0 Å². The summed E-state index contributed by atoms with van der Waals surface area (Å²) in [7, 11) is 0. The molecular formula is C16H23NO. The van der Waals surface area contributed by atoms with Crippen molar-refractivity contribution in [2.45, 2.75) is 58.3 Å². The average Bonchev–Trinajstić information content (AvgIpc) is 2.25. The van der Waals surface area contributed by atoms with Crippen LogP contribution in [0.3, 0.4) is 0 Å². The van der Waals surface area contributed by atoms with Gasteiger partial charge in [0.1, 0.15) is 5.75 Å². The van der Waals surface area contributed by atoms with Crippen molar-refractivity contribution in [3.63, 3.8) is 0 Å². The van der Waals surface area contributed by atoms with Crippen molar-refractivity contribution in [1.82, 2.24) is 0 Å². The predicted molar refractivity (Wildman–Crippen MR) is 74.7 cm³/mol. The van der Waals surface area contributed by atoms with Crippen LogP contribution >= 0.6 is 0 Å². The Kier molecular flexibility index (Phi) is 4.06. The SMILES string of the molecule is CC(C)(C)c1cccc(C(C)(C)CCC#N)c1O. The molecule has 0 saturated heterocycles. The molecule has 0 unspecified atom stereocenters. The molecule has 98 valence electrons. The summed E-state index contributed by atoms with van der Waals surface area (Å²) < 4.78 is 0. The van der Waals surface area contributed by atoms with Crippen LogP contribution in [0.25, 0.3) is 0 Å². The summed E-state index contributed by atoms with van der Waals surface area (Å²) in [6, 6.07) is 8.10. The molecule has 0 aromatic heterocycles. The summed E-state index contributed by atoms with van der Waals surface area (Å²) in [6.07, 6.45) is 1.26. The summed E-state index contributed by atoms with van der Waals surface area (Å²) in [5.41, 5.74) is 1.64.